The summed E-state index contributed by atoms with van der Waals surface area (Å²) >= 11 is 6.07. The van der Waals surface area contributed by atoms with Gasteiger partial charge in [0.05, 0.1) is 22.5 Å². The van der Waals surface area contributed by atoms with Crippen LogP contribution in [-0.2, 0) is 16.0 Å². The average molecular weight is 458 g/mol. The lowest BCUT2D eigenvalue weighted by Gasteiger charge is -2.26. The molecule has 2 N–H and O–H groups in total. The average Bonchev–Trinajstić information content (AvgIpc) is 2.68. The van der Waals surface area contributed by atoms with E-state index in [0.717, 1.165) is 6.92 Å². The van der Waals surface area contributed by atoms with E-state index in [2.05, 4.69) is 11.9 Å². The molecule has 0 aliphatic carbocycles. The monoisotopic (exact) mass is 457 g/mol. The van der Waals surface area contributed by atoms with Crippen LogP contribution in [0.15, 0.2) is 49.0 Å². The summed E-state index contributed by atoms with van der Waals surface area (Å²) in [5.74, 6) is -6.38. The summed E-state index contributed by atoms with van der Waals surface area (Å²) in [7, 11) is 0. The van der Waals surface area contributed by atoms with Crippen LogP contribution in [0.25, 0.3) is 5.83 Å². The van der Waals surface area contributed by atoms with Crippen molar-refractivity contribution in [3.63, 3.8) is 0 Å². The van der Waals surface area contributed by atoms with Gasteiger partial charge in [0.25, 0.3) is 0 Å². The summed E-state index contributed by atoms with van der Waals surface area (Å²) in [6.45, 7) is 4.02. The van der Waals surface area contributed by atoms with Crippen LogP contribution in [0.2, 0.25) is 5.02 Å². The Morgan fingerprint density at radius 3 is 2.29 bits per heavy atom. The molecule has 0 aliphatic rings. The Labute approximate surface area is 181 Å². The zero-order valence-corrected chi connectivity index (χ0v) is 17.2. The lowest BCUT2D eigenvalue weighted by atomic mass is 9.85. The zero-order chi connectivity index (χ0) is 23.3. The van der Waals surface area contributed by atoms with E-state index in [4.69, 9.17) is 16.7 Å². The second-order valence-corrected chi connectivity index (χ2v) is 7.44. The molecular formula is C22H20ClF4NO3. The van der Waals surface area contributed by atoms with E-state index in [1.54, 1.807) is 6.07 Å². The van der Waals surface area contributed by atoms with Crippen molar-refractivity contribution in [2.45, 2.75) is 31.9 Å². The van der Waals surface area contributed by atoms with Crippen LogP contribution in [0.1, 0.15) is 36.0 Å². The first-order chi connectivity index (χ1) is 14.4. The minimum Gasteiger partial charge on any atom is -0.481 e. The maximum atomic E-state index is 13.5. The van der Waals surface area contributed by atoms with E-state index >= 15 is 0 Å². The van der Waals surface area contributed by atoms with Gasteiger partial charge >= 0.3 is 12.1 Å². The van der Waals surface area contributed by atoms with Gasteiger partial charge in [-0.3, -0.25) is 9.59 Å². The third-order valence-electron chi connectivity index (χ3n) is 4.80. The van der Waals surface area contributed by atoms with E-state index < -0.39 is 35.7 Å². The lowest BCUT2D eigenvalue weighted by Crippen LogP contribution is -2.34. The number of halogens is 5. The minimum absolute atomic E-state index is 0.0467. The first kappa shape index (κ1) is 24.4. The highest BCUT2D eigenvalue weighted by Crippen LogP contribution is 2.39. The number of carboxylic acids is 1. The molecule has 0 saturated heterocycles. The van der Waals surface area contributed by atoms with Gasteiger partial charge in [-0.2, -0.15) is 13.2 Å². The molecule has 0 aliphatic heterocycles. The fourth-order valence-corrected chi connectivity index (χ4v) is 3.18. The van der Waals surface area contributed by atoms with E-state index in [0.29, 0.717) is 5.56 Å². The Morgan fingerprint density at radius 2 is 1.77 bits per heavy atom. The largest absolute Gasteiger partial charge is 0.481 e. The molecule has 0 bridgehead atoms. The zero-order valence-electron chi connectivity index (χ0n) is 16.5. The Morgan fingerprint density at radius 1 is 1.16 bits per heavy atom. The molecule has 2 aromatic carbocycles. The molecule has 31 heavy (non-hydrogen) atoms. The van der Waals surface area contributed by atoms with Crippen LogP contribution in [0.3, 0.4) is 0 Å². The number of benzene rings is 2. The van der Waals surface area contributed by atoms with Crippen LogP contribution >= 0.6 is 11.6 Å². The molecule has 166 valence electrons. The van der Waals surface area contributed by atoms with Crippen molar-refractivity contribution in [1.29, 1.82) is 0 Å². The van der Waals surface area contributed by atoms with Gasteiger partial charge in [0.2, 0.25) is 5.91 Å². The predicted molar refractivity (Wildman–Crippen MR) is 111 cm³/mol. The van der Waals surface area contributed by atoms with Crippen molar-refractivity contribution in [3.8, 4) is 0 Å². The van der Waals surface area contributed by atoms with E-state index in [1.807, 2.05) is 0 Å². The second kappa shape index (κ2) is 9.96. The number of carboxylic acid groups (broad SMARTS) is 1. The van der Waals surface area contributed by atoms with Crippen LogP contribution in [0.4, 0.5) is 23.2 Å². The Hall–Kier alpha value is -2.87. The molecular weight excluding hydrogens is 438 g/mol. The molecule has 2 aromatic rings. The summed E-state index contributed by atoms with van der Waals surface area (Å²) in [5.41, 5.74) is 0.762. The fraction of sp³-hybridized carbons (Fsp3) is 0.273. The van der Waals surface area contributed by atoms with E-state index in [-0.39, 0.29) is 34.7 Å². The van der Waals surface area contributed by atoms with Crippen LogP contribution in [0, 0.1) is 5.92 Å². The summed E-state index contributed by atoms with van der Waals surface area (Å²) in [6, 6.07) is 9.42. The molecule has 0 fully saturated rings. The number of hydrogen-bond acceptors (Lipinski definition) is 2. The van der Waals surface area contributed by atoms with E-state index in [1.165, 1.54) is 36.4 Å². The number of carbonyl (C=O) groups is 2. The molecule has 2 rings (SSSR count). The SMILES string of the molecule is C=C(F)c1ccc([C@@H](C(=O)Nc2cc(CCC(=O)O)ccc2Cl)[C@@H](C)C(F)(F)F)cc1. The minimum atomic E-state index is -4.67. The van der Waals surface area contributed by atoms with Gasteiger partial charge in [0.1, 0.15) is 5.83 Å². The molecule has 9 heteroatoms. The predicted octanol–water partition coefficient (Wildman–Crippen LogP) is 6.22. The molecule has 0 radical (unpaired) electrons. The summed E-state index contributed by atoms with van der Waals surface area (Å²) in [6.07, 6.45) is -4.67. The highest BCUT2D eigenvalue weighted by atomic mass is 35.5. The van der Waals surface area contributed by atoms with Crippen molar-refractivity contribution in [2.75, 3.05) is 5.32 Å². The lowest BCUT2D eigenvalue weighted by molar-refractivity contribution is -0.178. The molecule has 1 amide bonds. The number of aliphatic carboxylic acids is 1. The Kier molecular flexibility index (Phi) is 7.84. The molecule has 2 atom stereocenters. The van der Waals surface area contributed by atoms with Crippen molar-refractivity contribution in [2.24, 2.45) is 5.92 Å². The second-order valence-electron chi connectivity index (χ2n) is 7.03. The number of carbonyl (C=O) groups excluding carboxylic acids is 1. The van der Waals surface area contributed by atoms with Gasteiger partial charge in [-0.15, -0.1) is 0 Å². The van der Waals surface area contributed by atoms with Gasteiger partial charge in [-0.25, -0.2) is 4.39 Å². The standard InChI is InChI=1S/C22H20ClF4NO3/c1-12(22(25,26)27)20(16-7-5-15(6-8-16)13(2)24)21(31)28-18-11-14(3-9-17(18)23)4-10-19(29)30/h3,5-9,11-12,20H,2,4,10H2,1H3,(H,28,31)(H,29,30)/t12-,20+/m1/s1. The molecule has 0 heterocycles. The van der Waals surface area contributed by atoms with Gasteiger partial charge in [-0.1, -0.05) is 55.4 Å². The van der Waals surface area contributed by atoms with Crippen molar-refractivity contribution in [1.82, 2.24) is 0 Å². The fourth-order valence-electron chi connectivity index (χ4n) is 3.01. The number of hydrogen-bond donors (Lipinski definition) is 2. The molecule has 0 spiro atoms. The molecule has 0 saturated carbocycles. The Balaban J connectivity index is 2.36. The first-order valence-corrected chi connectivity index (χ1v) is 9.60. The molecule has 0 aromatic heterocycles. The van der Waals surface area contributed by atoms with Crippen molar-refractivity contribution in [3.05, 3.63) is 70.8 Å². The summed E-state index contributed by atoms with van der Waals surface area (Å²) < 4.78 is 53.7. The number of aryl methyl sites for hydroxylation is 1. The summed E-state index contributed by atoms with van der Waals surface area (Å²) in [4.78, 5) is 23.6. The normalized spacial score (nSPS) is 13.4. The number of nitrogens with one attached hydrogen (secondary N) is 1. The summed E-state index contributed by atoms with van der Waals surface area (Å²) in [5, 5.41) is 11.3. The number of rotatable bonds is 8. The molecule has 0 unspecified atom stereocenters. The number of anilines is 1. The first-order valence-electron chi connectivity index (χ1n) is 9.22. The van der Waals surface area contributed by atoms with Crippen LogP contribution in [-0.4, -0.2) is 23.2 Å². The quantitative estimate of drug-likeness (QED) is 0.462. The highest BCUT2D eigenvalue weighted by molar-refractivity contribution is 6.33. The van der Waals surface area contributed by atoms with Crippen LogP contribution < -0.4 is 5.32 Å². The van der Waals surface area contributed by atoms with Gasteiger partial charge in [0, 0.05) is 12.0 Å². The maximum absolute atomic E-state index is 13.5. The topological polar surface area (TPSA) is 66.4 Å². The van der Waals surface area contributed by atoms with Crippen molar-refractivity contribution < 1.29 is 32.3 Å². The van der Waals surface area contributed by atoms with Gasteiger partial charge in [0.15, 0.2) is 0 Å². The smallest absolute Gasteiger partial charge is 0.392 e. The third-order valence-corrected chi connectivity index (χ3v) is 5.13. The third kappa shape index (κ3) is 6.55. The maximum Gasteiger partial charge on any atom is 0.392 e. The van der Waals surface area contributed by atoms with Gasteiger partial charge < -0.3 is 10.4 Å². The van der Waals surface area contributed by atoms with Crippen molar-refractivity contribution >= 4 is 35.0 Å². The highest BCUT2D eigenvalue weighted by Gasteiger charge is 2.45. The number of amides is 1. The van der Waals surface area contributed by atoms with Gasteiger partial charge in [-0.05, 0) is 29.7 Å². The van der Waals surface area contributed by atoms with E-state index in [9.17, 15) is 27.2 Å². The molecule has 4 nitrogen and oxygen atoms in total. The van der Waals surface area contributed by atoms with Crippen LogP contribution in [0.5, 0.6) is 0 Å². The number of alkyl halides is 3. The Bertz CT molecular complexity index is 974.